The van der Waals surface area contributed by atoms with Crippen LogP contribution in [0.1, 0.15) is 6.23 Å². The van der Waals surface area contributed by atoms with Crippen LogP contribution in [0.3, 0.4) is 0 Å². The summed E-state index contributed by atoms with van der Waals surface area (Å²) in [6.07, 6.45) is -1.15. The fourth-order valence-electron chi connectivity index (χ4n) is 2.33. The molecule has 0 spiro atoms. The zero-order valence-electron chi connectivity index (χ0n) is 10.6. The number of alkyl halides is 1. The van der Waals surface area contributed by atoms with Gasteiger partial charge >= 0.3 is 0 Å². The number of ether oxygens (including phenoxy) is 1. The smallest absolute Gasteiger partial charge is 0.168 e. The number of nitrogens with two attached hydrogens (primary N) is 1. The van der Waals surface area contributed by atoms with Gasteiger partial charge in [-0.05, 0) is 5.53 Å². The normalized spacial score (nSPS) is 28.7. The summed E-state index contributed by atoms with van der Waals surface area (Å²) in [5, 5.41) is 12.6. The Bertz CT molecular complexity index is 714. The molecule has 110 valence electrons. The van der Waals surface area contributed by atoms with Crippen molar-refractivity contribution in [3.63, 3.8) is 0 Å². The van der Waals surface area contributed by atoms with Gasteiger partial charge in [-0.25, -0.2) is 19.3 Å². The highest BCUT2D eigenvalue weighted by Crippen LogP contribution is 2.35. The molecule has 10 nitrogen and oxygen atoms in total. The molecule has 0 radical (unpaired) electrons. The number of fused-ring (bicyclic) bond motifs is 1. The lowest BCUT2D eigenvalue weighted by molar-refractivity contribution is -0.0360. The third-order valence-electron chi connectivity index (χ3n) is 3.32. The fraction of sp³-hybridized carbons (Fsp3) is 0.500. The van der Waals surface area contributed by atoms with E-state index in [9.17, 15) is 9.50 Å². The number of nitrogen functional groups attached to an aromatic ring is 1. The summed E-state index contributed by atoms with van der Waals surface area (Å²) in [7, 11) is 0. The lowest BCUT2D eigenvalue weighted by Gasteiger charge is -2.15. The second kappa shape index (κ2) is 5.13. The van der Waals surface area contributed by atoms with Gasteiger partial charge in [0.25, 0.3) is 0 Å². The molecule has 0 bridgehead atoms. The number of anilines is 1. The maximum absolute atomic E-state index is 14.4. The zero-order chi connectivity index (χ0) is 15.0. The molecule has 11 heteroatoms. The van der Waals surface area contributed by atoms with Gasteiger partial charge in [-0.2, -0.15) is 0 Å². The van der Waals surface area contributed by atoms with Crippen LogP contribution in [-0.2, 0) is 4.74 Å². The summed E-state index contributed by atoms with van der Waals surface area (Å²) in [5.41, 5.74) is 14.8. The molecule has 1 saturated heterocycles. The zero-order valence-corrected chi connectivity index (χ0v) is 10.6. The first kappa shape index (κ1) is 13.5. The van der Waals surface area contributed by atoms with E-state index in [1.807, 2.05) is 0 Å². The average molecular weight is 294 g/mol. The summed E-state index contributed by atoms with van der Waals surface area (Å²) in [6, 6.07) is -1.12. The highest BCUT2D eigenvalue weighted by molar-refractivity contribution is 5.81. The summed E-state index contributed by atoms with van der Waals surface area (Å²) in [5.74, 6) is 0.164. The first-order chi connectivity index (χ1) is 10.2. The van der Waals surface area contributed by atoms with Crippen molar-refractivity contribution < 1.29 is 14.2 Å². The number of aliphatic hydroxyl groups excluding tert-OH is 1. The van der Waals surface area contributed by atoms with E-state index in [4.69, 9.17) is 16.0 Å². The first-order valence-corrected chi connectivity index (χ1v) is 6.05. The van der Waals surface area contributed by atoms with Gasteiger partial charge in [0.1, 0.15) is 17.9 Å². The highest BCUT2D eigenvalue weighted by atomic mass is 19.1. The molecular weight excluding hydrogens is 283 g/mol. The van der Waals surface area contributed by atoms with Gasteiger partial charge in [0.15, 0.2) is 23.9 Å². The molecule has 1 fully saturated rings. The third kappa shape index (κ3) is 2.03. The lowest BCUT2D eigenvalue weighted by Crippen LogP contribution is -2.28. The number of rotatable bonds is 3. The van der Waals surface area contributed by atoms with E-state index in [0.29, 0.717) is 11.2 Å². The van der Waals surface area contributed by atoms with Crippen molar-refractivity contribution in [2.45, 2.75) is 24.5 Å². The van der Waals surface area contributed by atoms with E-state index in [2.05, 4.69) is 25.0 Å². The molecule has 0 amide bonds. The van der Waals surface area contributed by atoms with Gasteiger partial charge in [-0.15, -0.1) is 0 Å². The van der Waals surface area contributed by atoms with Gasteiger partial charge in [0.2, 0.25) is 0 Å². The van der Waals surface area contributed by atoms with Crippen LogP contribution in [0.4, 0.5) is 10.2 Å². The lowest BCUT2D eigenvalue weighted by atomic mass is 10.1. The van der Waals surface area contributed by atoms with E-state index >= 15 is 0 Å². The Hall–Kier alpha value is -2.49. The number of nitrogens with zero attached hydrogens (tertiary/aromatic N) is 7. The topological polar surface area (TPSA) is 148 Å². The van der Waals surface area contributed by atoms with Crippen molar-refractivity contribution in [1.82, 2.24) is 19.5 Å². The number of aromatic nitrogens is 4. The number of azide groups is 1. The van der Waals surface area contributed by atoms with E-state index in [0.717, 1.165) is 0 Å². The molecule has 21 heavy (non-hydrogen) atoms. The van der Waals surface area contributed by atoms with Crippen LogP contribution in [0.25, 0.3) is 21.6 Å². The van der Waals surface area contributed by atoms with Crippen LogP contribution >= 0.6 is 0 Å². The molecule has 0 aromatic carbocycles. The number of imidazole rings is 1. The van der Waals surface area contributed by atoms with Crippen LogP contribution in [0.15, 0.2) is 17.8 Å². The SMILES string of the molecule is [N-]=[N+]=N[C@H]1[C@H](F)[C@H](n2cnc3c(N)ncnc32)O[C@@H]1CO. The highest BCUT2D eigenvalue weighted by Gasteiger charge is 2.46. The maximum atomic E-state index is 14.4. The summed E-state index contributed by atoms with van der Waals surface area (Å²) < 4.78 is 21.2. The van der Waals surface area contributed by atoms with Crippen molar-refractivity contribution in [2.75, 3.05) is 12.3 Å². The van der Waals surface area contributed by atoms with Crippen LogP contribution in [0.2, 0.25) is 0 Å². The van der Waals surface area contributed by atoms with Crippen molar-refractivity contribution in [3.8, 4) is 0 Å². The van der Waals surface area contributed by atoms with E-state index in [1.165, 1.54) is 17.2 Å². The second-order valence-corrected chi connectivity index (χ2v) is 4.47. The molecule has 2 aromatic rings. The fourth-order valence-corrected chi connectivity index (χ4v) is 2.33. The number of hydrogen-bond donors (Lipinski definition) is 2. The van der Waals surface area contributed by atoms with Crippen molar-refractivity contribution in [2.24, 2.45) is 5.11 Å². The van der Waals surface area contributed by atoms with Crippen LogP contribution in [0, 0.1) is 0 Å². The van der Waals surface area contributed by atoms with Gasteiger partial charge in [-0.1, -0.05) is 5.11 Å². The van der Waals surface area contributed by atoms with Crippen molar-refractivity contribution in [3.05, 3.63) is 23.1 Å². The minimum absolute atomic E-state index is 0.164. The molecule has 0 unspecified atom stereocenters. The van der Waals surface area contributed by atoms with E-state index in [-0.39, 0.29) is 5.82 Å². The van der Waals surface area contributed by atoms with Gasteiger partial charge < -0.3 is 15.6 Å². The quantitative estimate of drug-likeness (QED) is 0.473. The average Bonchev–Trinajstić information content (AvgIpc) is 3.03. The Morgan fingerprint density at radius 2 is 2.33 bits per heavy atom. The summed E-state index contributed by atoms with van der Waals surface area (Å²) in [4.78, 5) is 14.4. The van der Waals surface area contributed by atoms with Crippen LogP contribution in [0.5, 0.6) is 0 Å². The standard InChI is InChI=1S/C10H11FN8O2/c11-5-6(17-18-13)4(1-20)21-10(5)19-3-16-7-8(12)14-2-15-9(7)19/h2-6,10,20H,1H2,(H2,12,14,15)/t4-,5+,6-,10-/m1/s1. The predicted octanol–water partition coefficient (Wildman–Crippen LogP) is 0.315. The van der Waals surface area contributed by atoms with Gasteiger partial charge in [-0.3, -0.25) is 4.57 Å². The van der Waals surface area contributed by atoms with E-state index < -0.39 is 31.2 Å². The molecule has 0 saturated carbocycles. The minimum Gasteiger partial charge on any atom is -0.394 e. The van der Waals surface area contributed by atoms with Crippen LogP contribution in [-0.4, -0.2) is 49.5 Å². The summed E-state index contributed by atoms with van der Waals surface area (Å²) >= 11 is 0. The van der Waals surface area contributed by atoms with Crippen molar-refractivity contribution in [1.29, 1.82) is 0 Å². The molecule has 1 aliphatic rings. The number of halogens is 1. The maximum Gasteiger partial charge on any atom is 0.168 e. The molecule has 3 rings (SSSR count). The first-order valence-electron chi connectivity index (χ1n) is 6.05. The van der Waals surface area contributed by atoms with Gasteiger partial charge in [0.05, 0.1) is 19.0 Å². The largest absolute Gasteiger partial charge is 0.394 e. The predicted molar refractivity (Wildman–Crippen MR) is 68.6 cm³/mol. The Morgan fingerprint density at radius 3 is 3.05 bits per heavy atom. The van der Waals surface area contributed by atoms with E-state index in [1.54, 1.807) is 0 Å². The molecule has 3 N–H and O–H groups in total. The third-order valence-corrected chi connectivity index (χ3v) is 3.32. The molecule has 0 aliphatic carbocycles. The molecule has 4 atom stereocenters. The Balaban J connectivity index is 2.03. The Kier molecular flexibility index (Phi) is 3.29. The molecule has 3 heterocycles. The number of aliphatic hydroxyl groups is 1. The van der Waals surface area contributed by atoms with Gasteiger partial charge in [0, 0.05) is 4.91 Å². The molecule has 2 aromatic heterocycles. The second-order valence-electron chi connectivity index (χ2n) is 4.47. The number of hydrogen-bond acceptors (Lipinski definition) is 7. The van der Waals surface area contributed by atoms with Crippen molar-refractivity contribution >= 4 is 17.0 Å². The minimum atomic E-state index is -1.65. The van der Waals surface area contributed by atoms with Crippen LogP contribution < -0.4 is 5.73 Å². The molecule has 1 aliphatic heterocycles. The Labute approximate surface area is 117 Å². The Morgan fingerprint density at radius 1 is 1.52 bits per heavy atom. The monoisotopic (exact) mass is 294 g/mol. The molecular formula is C10H11FN8O2. The summed E-state index contributed by atoms with van der Waals surface area (Å²) in [6.45, 7) is -0.468.